The number of nitrogens with one attached hydrogen (secondary N) is 1. The van der Waals surface area contributed by atoms with Gasteiger partial charge in [-0.25, -0.2) is 4.79 Å². The Morgan fingerprint density at radius 3 is 2.71 bits per heavy atom. The molecule has 0 fully saturated rings. The first kappa shape index (κ1) is 15.1. The van der Waals surface area contributed by atoms with E-state index in [4.69, 9.17) is 0 Å². The summed E-state index contributed by atoms with van der Waals surface area (Å²) >= 11 is 0. The quantitative estimate of drug-likeness (QED) is 0.778. The van der Waals surface area contributed by atoms with E-state index in [-0.39, 0.29) is 12.1 Å². The topological polar surface area (TPSA) is 85.7 Å². The minimum absolute atomic E-state index is 0.0963. The predicted molar refractivity (Wildman–Crippen MR) is 83.2 cm³/mol. The van der Waals surface area contributed by atoms with E-state index in [0.29, 0.717) is 11.2 Å². The zero-order valence-electron chi connectivity index (χ0n) is 12.3. The van der Waals surface area contributed by atoms with E-state index < -0.39 is 12.1 Å². The highest BCUT2D eigenvalue weighted by atomic mass is 16.4. The first-order valence-electron chi connectivity index (χ1n) is 6.65. The van der Waals surface area contributed by atoms with E-state index in [9.17, 15) is 15.0 Å². The van der Waals surface area contributed by atoms with Crippen molar-refractivity contribution in [3.63, 3.8) is 0 Å². The number of hydrogen-bond donors (Lipinski definition) is 3. The van der Waals surface area contributed by atoms with Crippen LogP contribution < -0.4 is 10.2 Å². The van der Waals surface area contributed by atoms with Crippen LogP contribution >= 0.6 is 0 Å². The molecule has 1 atom stereocenters. The normalized spacial score (nSPS) is 12.2. The van der Waals surface area contributed by atoms with Crippen LogP contribution in [0.1, 0.15) is 17.3 Å². The number of aliphatic hydroxyl groups is 1. The number of hydrogen-bond acceptors (Lipinski definition) is 5. The Labute approximate surface area is 123 Å². The lowest BCUT2D eigenvalue weighted by atomic mass is 10.1. The molecule has 0 radical (unpaired) electrons. The lowest BCUT2D eigenvalue weighted by molar-refractivity contribution is 0.0697. The fraction of sp³-hybridized carbons (Fsp3) is 0.333. The summed E-state index contributed by atoms with van der Waals surface area (Å²) in [5, 5.41) is 22.5. The van der Waals surface area contributed by atoms with Gasteiger partial charge in [-0.1, -0.05) is 0 Å². The number of carboxylic acid groups (broad SMARTS) is 1. The van der Waals surface area contributed by atoms with Gasteiger partial charge in [0.1, 0.15) is 5.56 Å². The summed E-state index contributed by atoms with van der Waals surface area (Å²) in [4.78, 5) is 17.5. The van der Waals surface area contributed by atoms with Crippen molar-refractivity contribution in [2.45, 2.75) is 13.0 Å². The van der Waals surface area contributed by atoms with Crippen molar-refractivity contribution in [1.29, 1.82) is 0 Å². The number of fused-ring (bicyclic) bond motifs is 1. The van der Waals surface area contributed by atoms with Gasteiger partial charge in [0.25, 0.3) is 0 Å². The molecule has 6 heteroatoms. The molecule has 1 aromatic heterocycles. The highest BCUT2D eigenvalue weighted by Gasteiger charge is 2.15. The van der Waals surface area contributed by atoms with Crippen molar-refractivity contribution in [3.05, 3.63) is 30.0 Å². The third-order valence-electron chi connectivity index (χ3n) is 3.17. The van der Waals surface area contributed by atoms with E-state index in [1.807, 2.05) is 37.2 Å². The predicted octanol–water partition coefficient (Wildman–Crippen LogP) is 1.79. The van der Waals surface area contributed by atoms with Gasteiger partial charge < -0.3 is 20.4 Å². The number of nitrogens with zero attached hydrogens (tertiary/aromatic N) is 2. The van der Waals surface area contributed by atoms with Gasteiger partial charge in [-0.3, -0.25) is 4.98 Å². The van der Waals surface area contributed by atoms with Crippen LogP contribution in [0.3, 0.4) is 0 Å². The van der Waals surface area contributed by atoms with Crippen molar-refractivity contribution in [2.75, 3.05) is 30.9 Å². The summed E-state index contributed by atoms with van der Waals surface area (Å²) in [6, 6.07) is 5.66. The van der Waals surface area contributed by atoms with Crippen molar-refractivity contribution < 1.29 is 15.0 Å². The van der Waals surface area contributed by atoms with Crippen LogP contribution in [0.5, 0.6) is 0 Å². The minimum atomic E-state index is -1.05. The highest BCUT2D eigenvalue weighted by Crippen LogP contribution is 2.29. The first-order valence-corrected chi connectivity index (χ1v) is 6.65. The second-order valence-electron chi connectivity index (χ2n) is 5.18. The van der Waals surface area contributed by atoms with Crippen LogP contribution in [0, 0.1) is 0 Å². The first-order chi connectivity index (χ1) is 9.90. The number of aliphatic hydroxyl groups excluding tert-OH is 1. The van der Waals surface area contributed by atoms with Gasteiger partial charge in [-0.05, 0) is 25.1 Å². The zero-order valence-corrected chi connectivity index (χ0v) is 12.3. The third-order valence-corrected chi connectivity index (χ3v) is 3.17. The van der Waals surface area contributed by atoms with Gasteiger partial charge in [0.2, 0.25) is 0 Å². The lowest BCUT2D eigenvalue weighted by Crippen LogP contribution is -2.18. The molecule has 1 aromatic carbocycles. The maximum absolute atomic E-state index is 11.4. The lowest BCUT2D eigenvalue weighted by Gasteiger charge is -2.17. The SMILES string of the molecule is C[C@H](O)CNc1c(C(=O)O)cnc2ccc(N(C)C)cc12. The summed E-state index contributed by atoms with van der Waals surface area (Å²) in [7, 11) is 3.83. The van der Waals surface area contributed by atoms with E-state index in [2.05, 4.69) is 10.3 Å². The Morgan fingerprint density at radius 1 is 1.43 bits per heavy atom. The Kier molecular flexibility index (Phi) is 4.28. The van der Waals surface area contributed by atoms with Crippen LogP contribution in [0.4, 0.5) is 11.4 Å². The van der Waals surface area contributed by atoms with Crippen molar-refractivity contribution in [1.82, 2.24) is 4.98 Å². The summed E-state index contributed by atoms with van der Waals surface area (Å²) in [6.07, 6.45) is 0.761. The molecule has 0 aliphatic heterocycles. The monoisotopic (exact) mass is 289 g/mol. The second kappa shape index (κ2) is 5.97. The summed E-state index contributed by atoms with van der Waals surface area (Å²) < 4.78 is 0. The Morgan fingerprint density at radius 2 is 2.14 bits per heavy atom. The van der Waals surface area contributed by atoms with Crippen LogP contribution in [-0.2, 0) is 0 Å². The van der Waals surface area contributed by atoms with Crippen LogP contribution in [0.25, 0.3) is 10.9 Å². The van der Waals surface area contributed by atoms with Gasteiger partial charge in [0, 0.05) is 37.9 Å². The summed E-state index contributed by atoms with van der Waals surface area (Å²) in [5.41, 5.74) is 2.24. The average Bonchev–Trinajstić information content (AvgIpc) is 2.43. The molecule has 21 heavy (non-hydrogen) atoms. The number of rotatable bonds is 5. The highest BCUT2D eigenvalue weighted by molar-refractivity contribution is 6.05. The fourth-order valence-electron chi connectivity index (χ4n) is 2.06. The molecule has 0 bridgehead atoms. The Balaban J connectivity index is 2.63. The number of carbonyl (C=O) groups is 1. The molecule has 0 aliphatic rings. The van der Waals surface area contributed by atoms with Gasteiger partial charge >= 0.3 is 5.97 Å². The Hall–Kier alpha value is -2.34. The molecular weight excluding hydrogens is 270 g/mol. The molecule has 0 aliphatic carbocycles. The molecular formula is C15H19N3O3. The number of benzene rings is 1. The third kappa shape index (κ3) is 3.22. The molecule has 0 unspecified atom stereocenters. The number of anilines is 2. The van der Waals surface area contributed by atoms with Gasteiger partial charge in [0.05, 0.1) is 17.3 Å². The molecule has 2 rings (SSSR count). The molecule has 0 amide bonds. The number of aromatic carboxylic acids is 1. The Bertz CT molecular complexity index is 669. The summed E-state index contributed by atoms with van der Waals surface area (Å²) in [6.45, 7) is 1.91. The average molecular weight is 289 g/mol. The van der Waals surface area contributed by atoms with Crippen molar-refractivity contribution in [3.8, 4) is 0 Å². The van der Waals surface area contributed by atoms with Crippen molar-refractivity contribution in [2.24, 2.45) is 0 Å². The molecule has 112 valence electrons. The molecule has 0 saturated heterocycles. The fourth-order valence-corrected chi connectivity index (χ4v) is 2.06. The second-order valence-corrected chi connectivity index (χ2v) is 5.18. The van der Waals surface area contributed by atoms with E-state index >= 15 is 0 Å². The number of carboxylic acids is 1. The summed E-state index contributed by atoms with van der Waals surface area (Å²) in [5.74, 6) is -1.05. The van der Waals surface area contributed by atoms with Crippen molar-refractivity contribution >= 4 is 28.2 Å². The molecule has 1 heterocycles. The molecule has 0 spiro atoms. The van der Waals surface area contributed by atoms with Crippen LogP contribution in [-0.4, -0.2) is 47.9 Å². The van der Waals surface area contributed by atoms with Gasteiger partial charge in [0.15, 0.2) is 0 Å². The smallest absolute Gasteiger partial charge is 0.339 e. The zero-order chi connectivity index (χ0) is 15.6. The minimum Gasteiger partial charge on any atom is -0.478 e. The number of aromatic nitrogens is 1. The maximum Gasteiger partial charge on any atom is 0.339 e. The largest absolute Gasteiger partial charge is 0.478 e. The molecule has 6 nitrogen and oxygen atoms in total. The number of pyridine rings is 1. The van der Waals surface area contributed by atoms with Crippen LogP contribution in [0.2, 0.25) is 0 Å². The standard InChI is InChI=1S/C15H19N3O3/c1-9(19)7-17-14-11-6-10(18(2)3)4-5-13(11)16-8-12(14)15(20)21/h4-6,8-9,19H,7H2,1-3H3,(H,16,17)(H,20,21)/t9-/m0/s1. The van der Waals surface area contributed by atoms with Gasteiger partial charge in [-0.2, -0.15) is 0 Å². The molecule has 0 saturated carbocycles. The van der Waals surface area contributed by atoms with Crippen LogP contribution in [0.15, 0.2) is 24.4 Å². The van der Waals surface area contributed by atoms with Gasteiger partial charge in [-0.15, -0.1) is 0 Å². The molecule has 3 N–H and O–H groups in total. The maximum atomic E-state index is 11.4. The van der Waals surface area contributed by atoms with E-state index in [1.165, 1.54) is 6.20 Å². The molecule has 2 aromatic rings. The van der Waals surface area contributed by atoms with E-state index in [1.54, 1.807) is 6.92 Å². The van der Waals surface area contributed by atoms with E-state index in [0.717, 1.165) is 11.1 Å².